The van der Waals surface area contributed by atoms with Crippen LogP contribution in [0.25, 0.3) is 0 Å². The van der Waals surface area contributed by atoms with Crippen LogP contribution in [0.2, 0.25) is 0 Å². The number of ketones is 2. The molecule has 8 heteroatoms. The fourth-order valence-electron chi connectivity index (χ4n) is 2.20. The van der Waals surface area contributed by atoms with Crippen molar-refractivity contribution in [3.8, 4) is 0 Å². The summed E-state index contributed by atoms with van der Waals surface area (Å²) in [4.78, 5) is 53.3. The minimum absolute atomic E-state index is 0.0122. The van der Waals surface area contributed by atoms with Crippen LogP contribution in [0.15, 0.2) is 87.5 Å². The summed E-state index contributed by atoms with van der Waals surface area (Å²) in [6, 6.07) is 7.23. The molecule has 0 heterocycles. The van der Waals surface area contributed by atoms with Gasteiger partial charge in [0.1, 0.15) is 13.2 Å². The summed E-state index contributed by atoms with van der Waals surface area (Å²) in [6.45, 7) is 22.5. The lowest BCUT2D eigenvalue weighted by Gasteiger charge is -2.23. The number of allylic oxidation sites excluding steroid dienone is 2. The van der Waals surface area contributed by atoms with E-state index in [-0.39, 0.29) is 30.2 Å². The highest BCUT2D eigenvalue weighted by Gasteiger charge is 2.20. The molecule has 0 atom stereocenters. The molecule has 0 N–H and O–H groups in total. The maximum absolute atomic E-state index is 11.0. The van der Waals surface area contributed by atoms with E-state index in [2.05, 4.69) is 32.9 Å². The minimum atomic E-state index is -0.474. The van der Waals surface area contributed by atoms with E-state index in [4.69, 9.17) is 14.2 Å². The Morgan fingerprint density at radius 3 is 1.53 bits per heavy atom. The topological polar surface area (TPSA) is 113 Å². The fraction of sp³-hybridized carbons (Fsp3) is 0.300. The molecular weight excluding hydrogens is 488 g/mol. The molecule has 1 rings (SSSR count). The molecule has 0 fully saturated rings. The number of carbonyl (C=O) groups is 5. The molecule has 1 aromatic carbocycles. The van der Waals surface area contributed by atoms with Crippen molar-refractivity contribution in [2.24, 2.45) is 5.41 Å². The number of carbonyl (C=O) groups excluding carboxylic acids is 5. The summed E-state index contributed by atoms with van der Waals surface area (Å²) >= 11 is 0. The smallest absolute Gasteiger partial charge is 0.330 e. The molecule has 0 amide bonds. The van der Waals surface area contributed by atoms with Gasteiger partial charge in [0, 0.05) is 24.6 Å². The maximum Gasteiger partial charge on any atom is 0.330 e. The van der Waals surface area contributed by atoms with Gasteiger partial charge in [0.05, 0.1) is 6.61 Å². The van der Waals surface area contributed by atoms with Crippen molar-refractivity contribution < 1.29 is 38.2 Å². The molecule has 0 radical (unpaired) electrons. The summed E-state index contributed by atoms with van der Waals surface area (Å²) in [5.74, 6) is -1.35. The SMILES string of the molecule is C=CC(=O)CCC(C)(C)COC(=O)C=C.C=CC(=O)OCc1cccc(COC(=O)C=C)c1.C=CC(C)=O. The fourth-order valence-corrected chi connectivity index (χ4v) is 2.20. The van der Waals surface area contributed by atoms with Gasteiger partial charge in [-0.2, -0.15) is 0 Å². The number of ether oxygens (including phenoxy) is 3. The first-order valence-electron chi connectivity index (χ1n) is 11.6. The van der Waals surface area contributed by atoms with Gasteiger partial charge in [-0.05, 0) is 48.1 Å². The second kappa shape index (κ2) is 20.8. The van der Waals surface area contributed by atoms with Crippen LogP contribution in [0, 0.1) is 5.41 Å². The monoisotopic (exact) mass is 526 g/mol. The van der Waals surface area contributed by atoms with Gasteiger partial charge in [0.2, 0.25) is 0 Å². The van der Waals surface area contributed by atoms with Gasteiger partial charge in [-0.1, -0.05) is 64.9 Å². The van der Waals surface area contributed by atoms with Crippen molar-refractivity contribution in [2.45, 2.75) is 46.8 Å². The van der Waals surface area contributed by atoms with E-state index < -0.39 is 17.9 Å². The third-order valence-corrected chi connectivity index (χ3v) is 4.42. The standard InChI is InChI=1S/C14H14O4.C12H18O3.C4H6O/c1-3-13(15)17-9-11-6-5-7-12(8-11)10-18-14(16)4-2;1-5-10(13)7-8-12(3,4)9-15-11(14)6-2;1-3-4(2)5/h3-8H,1-2,9-10H2;5-6H,1-2,7-9H2,3-4H3;3H,1H2,2H3. The highest BCUT2D eigenvalue weighted by molar-refractivity contribution is 5.89. The zero-order valence-corrected chi connectivity index (χ0v) is 22.5. The van der Waals surface area contributed by atoms with E-state index in [1.54, 1.807) is 12.1 Å². The van der Waals surface area contributed by atoms with Crippen LogP contribution < -0.4 is 0 Å². The number of rotatable bonds is 14. The van der Waals surface area contributed by atoms with Crippen LogP contribution in [0.5, 0.6) is 0 Å². The van der Waals surface area contributed by atoms with E-state index >= 15 is 0 Å². The highest BCUT2D eigenvalue weighted by atomic mass is 16.5. The normalized spacial score (nSPS) is 9.45. The molecule has 0 aromatic heterocycles. The summed E-state index contributed by atoms with van der Waals surface area (Å²) in [6.07, 6.45) is 7.03. The van der Waals surface area contributed by atoms with Crippen molar-refractivity contribution in [3.63, 3.8) is 0 Å². The summed E-state index contributed by atoms with van der Waals surface area (Å²) in [5, 5.41) is 0. The quantitative estimate of drug-likeness (QED) is 0.185. The average molecular weight is 527 g/mol. The second-order valence-corrected chi connectivity index (χ2v) is 8.40. The van der Waals surface area contributed by atoms with Crippen molar-refractivity contribution in [1.82, 2.24) is 0 Å². The summed E-state index contributed by atoms with van der Waals surface area (Å²) < 4.78 is 14.7. The molecule has 38 heavy (non-hydrogen) atoms. The Labute approximate surface area is 225 Å². The third-order valence-electron chi connectivity index (χ3n) is 4.42. The molecule has 0 aliphatic rings. The van der Waals surface area contributed by atoms with Gasteiger partial charge in [-0.15, -0.1) is 0 Å². The highest BCUT2D eigenvalue weighted by Crippen LogP contribution is 2.23. The van der Waals surface area contributed by atoms with Crippen LogP contribution in [0.4, 0.5) is 0 Å². The van der Waals surface area contributed by atoms with Gasteiger partial charge in [-0.25, -0.2) is 14.4 Å². The largest absolute Gasteiger partial charge is 0.462 e. The van der Waals surface area contributed by atoms with Crippen LogP contribution in [-0.2, 0) is 51.4 Å². The first kappa shape index (κ1) is 35.8. The van der Waals surface area contributed by atoms with Crippen molar-refractivity contribution in [2.75, 3.05) is 6.61 Å². The average Bonchev–Trinajstić information content (AvgIpc) is 2.92. The minimum Gasteiger partial charge on any atom is -0.462 e. The van der Waals surface area contributed by atoms with Gasteiger partial charge >= 0.3 is 17.9 Å². The van der Waals surface area contributed by atoms with Crippen molar-refractivity contribution in [3.05, 3.63) is 98.7 Å². The Morgan fingerprint density at radius 1 is 0.737 bits per heavy atom. The molecule has 1 aromatic rings. The zero-order valence-electron chi connectivity index (χ0n) is 22.5. The van der Waals surface area contributed by atoms with E-state index in [0.29, 0.717) is 19.4 Å². The van der Waals surface area contributed by atoms with Crippen LogP contribution in [0.1, 0.15) is 44.7 Å². The van der Waals surface area contributed by atoms with E-state index in [9.17, 15) is 24.0 Å². The Hall–Kier alpha value is -4.33. The Bertz CT molecular complexity index is 936. The number of hydrogen-bond donors (Lipinski definition) is 0. The summed E-state index contributed by atoms with van der Waals surface area (Å²) in [7, 11) is 0. The predicted molar refractivity (Wildman–Crippen MR) is 147 cm³/mol. The van der Waals surface area contributed by atoms with Crippen molar-refractivity contribution >= 4 is 29.5 Å². The maximum atomic E-state index is 11.0. The third kappa shape index (κ3) is 21.0. The molecule has 0 saturated carbocycles. The molecular formula is C30H38O8. The Balaban J connectivity index is 0. The van der Waals surface area contributed by atoms with Crippen molar-refractivity contribution in [1.29, 1.82) is 0 Å². The van der Waals surface area contributed by atoms with Crippen LogP contribution in [-0.4, -0.2) is 36.1 Å². The summed E-state index contributed by atoms with van der Waals surface area (Å²) in [5.41, 5.74) is 1.44. The van der Waals surface area contributed by atoms with E-state index in [1.165, 1.54) is 19.1 Å². The zero-order chi connectivity index (χ0) is 29.6. The Morgan fingerprint density at radius 2 is 1.16 bits per heavy atom. The molecule has 0 spiro atoms. The first-order chi connectivity index (χ1) is 17.8. The molecule has 8 nitrogen and oxygen atoms in total. The van der Waals surface area contributed by atoms with Gasteiger partial charge in [0.15, 0.2) is 11.6 Å². The number of esters is 3. The lowest BCUT2D eigenvalue weighted by Crippen LogP contribution is -2.22. The van der Waals surface area contributed by atoms with E-state index in [0.717, 1.165) is 29.4 Å². The number of hydrogen-bond acceptors (Lipinski definition) is 8. The van der Waals surface area contributed by atoms with Gasteiger partial charge in [-0.3, -0.25) is 9.59 Å². The Kier molecular flexibility index (Phi) is 19.6. The second-order valence-electron chi connectivity index (χ2n) is 8.40. The van der Waals surface area contributed by atoms with E-state index in [1.807, 2.05) is 26.0 Å². The molecule has 0 aliphatic carbocycles. The van der Waals surface area contributed by atoms with Crippen LogP contribution in [0.3, 0.4) is 0 Å². The first-order valence-corrected chi connectivity index (χ1v) is 11.6. The molecule has 0 bridgehead atoms. The number of benzene rings is 1. The molecule has 0 aliphatic heterocycles. The molecule has 206 valence electrons. The lowest BCUT2D eigenvalue weighted by atomic mass is 9.88. The van der Waals surface area contributed by atoms with Gasteiger partial charge < -0.3 is 14.2 Å². The lowest BCUT2D eigenvalue weighted by molar-refractivity contribution is -0.141. The van der Waals surface area contributed by atoms with Crippen LogP contribution >= 0.6 is 0 Å². The van der Waals surface area contributed by atoms with Gasteiger partial charge in [0.25, 0.3) is 0 Å². The molecule has 0 unspecified atom stereocenters. The molecule has 0 saturated heterocycles. The predicted octanol–water partition coefficient (Wildman–Crippen LogP) is 5.18.